The fourth-order valence-electron chi connectivity index (χ4n) is 2.34. The monoisotopic (exact) mass is 264 g/mol. The SMILES string of the molecule is CN1CCOC(Cn2c(=S)[nH]c3cccnc32)C1. The highest BCUT2D eigenvalue weighted by Crippen LogP contribution is 2.13. The molecule has 1 N–H and O–H groups in total. The van der Waals surface area contributed by atoms with Crippen LogP contribution in [0.15, 0.2) is 18.3 Å². The van der Waals surface area contributed by atoms with Crippen LogP contribution in [-0.4, -0.2) is 52.3 Å². The quantitative estimate of drug-likeness (QED) is 0.833. The molecule has 1 saturated heterocycles. The second-order valence-electron chi connectivity index (χ2n) is 4.67. The van der Waals surface area contributed by atoms with Crippen molar-refractivity contribution in [3.63, 3.8) is 0 Å². The number of H-pyrrole nitrogens is 1. The van der Waals surface area contributed by atoms with Crippen molar-refractivity contribution in [2.45, 2.75) is 12.6 Å². The van der Waals surface area contributed by atoms with Crippen LogP contribution in [0.3, 0.4) is 0 Å². The van der Waals surface area contributed by atoms with Gasteiger partial charge in [-0.3, -0.25) is 4.57 Å². The maximum atomic E-state index is 5.78. The minimum atomic E-state index is 0.177. The van der Waals surface area contributed by atoms with E-state index in [0.29, 0.717) is 4.77 Å². The van der Waals surface area contributed by atoms with Crippen molar-refractivity contribution < 1.29 is 4.74 Å². The van der Waals surface area contributed by atoms with Gasteiger partial charge >= 0.3 is 0 Å². The summed E-state index contributed by atoms with van der Waals surface area (Å²) >= 11 is 5.35. The fourth-order valence-corrected chi connectivity index (χ4v) is 2.61. The van der Waals surface area contributed by atoms with Gasteiger partial charge in [-0.25, -0.2) is 4.98 Å². The summed E-state index contributed by atoms with van der Waals surface area (Å²) < 4.78 is 8.51. The second-order valence-corrected chi connectivity index (χ2v) is 5.06. The average Bonchev–Trinajstić information content (AvgIpc) is 2.66. The van der Waals surface area contributed by atoms with Crippen LogP contribution in [-0.2, 0) is 11.3 Å². The highest BCUT2D eigenvalue weighted by molar-refractivity contribution is 7.71. The largest absolute Gasteiger partial charge is 0.374 e. The Bertz CT molecular complexity index is 605. The fraction of sp³-hybridized carbons (Fsp3) is 0.500. The number of aromatic nitrogens is 3. The van der Waals surface area contributed by atoms with E-state index < -0.39 is 0 Å². The van der Waals surface area contributed by atoms with E-state index >= 15 is 0 Å². The van der Waals surface area contributed by atoms with Crippen LogP contribution in [0.4, 0.5) is 0 Å². The predicted molar refractivity (Wildman–Crippen MR) is 72.2 cm³/mol. The lowest BCUT2D eigenvalue weighted by Crippen LogP contribution is -2.42. The molecule has 0 radical (unpaired) electrons. The van der Waals surface area contributed by atoms with E-state index in [1.807, 2.05) is 16.7 Å². The molecular formula is C12H16N4OS. The maximum Gasteiger partial charge on any atom is 0.179 e. The average molecular weight is 264 g/mol. The lowest BCUT2D eigenvalue weighted by Gasteiger charge is -2.30. The summed E-state index contributed by atoms with van der Waals surface area (Å²) in [7, 11) is 2.11. The number of nitrogens with zero attached hydrogens (tertiary/aromatic N) is 3. The zero-order chi connectivity index (χ0) is 12.5. The van der Waals surface area contributed by atoms with E-state index in [0.717, 1.165) is 37.4 Å². The molecule has 1 atom stereocenters. The normalized spacial score (nSPS) is 21.5. The second kappa shape index (κ2) is 4.79. The van der Waals surface area contributed by atoms with Gasteiger partial charge in [-0.2, -0.15) is 0 Å². The molecule has 1 aliphatic rings. The molecule has 0 saturated carbocycles. The Morgan fingerprint density at radius 1 is 1.61 bits per heavy atom. The lowest BCUT2D eigenvalue weighted by atomic mass is 10.3. The zero-order valence-electron chi connectivity index (χ0n) is 10.3. The Labute approximate surface area is 110 Å². The highest BCUT2D eigenvalue weighted by Gasteiger charge is 2.19. The van der Waals surface area contributed by atoms with Crippen LogP contribution in [0.1, 0.15) is 0 Å². The maximum absolute atomic E-state index is 5.78. The molecule has 0 amide bonds. The number of fused-ring (bicyclic) bond motifs is 1. The smallest absolute Gasteiger partial charge is 0.179 e. The van der Waals surface area contributed by atoms with Gasteiger partial charge < -0.3 is 14.6 Å². The first-order valence-corrected chi connectivity index (χ1v) is 6.48. The van der Waals surface area contributed by atoms with Crippen LogP contribution < -0.4 is 0 Å². The standard InChI is InChI=1S/C12H16N4OS/c1-15-5-6-17-9(7-15)8-16-11-10(14-12(16)18)3-2-4-13-11/h2-4,9H,5-8H2,1H3,(H,14,18). The van der Waals surface area contributed by atoms with Crippen molar-refractivity contribution in [1.29, 1.82) is 0 Å². The zero-order valence-corrected chi connectivity index (χ0v) is 11.1. The van der Waals surface area contributed by atoms with Crippen molar-refractivity contribution in [2.75, 3.05) is 26.7 Å². The molecule has 5 nitrogen and oxygen atoms in total. The Morgan fingerprint density at radius 2 is 2.50 bits per heavy atom. The summed E-state index contributed by atoms with van der Waals surface area (Å²) in [5, 5.41) is 0. The van der Waals surface area contributed by atoms with Crippen LogP contribution in [0.25, 0.3) is 11.2 Å². The van der Waals surface area contributed by atoms with Gasteiger partial charge in [0.25, 0.3) is 0 Å². The summed E-state index contributed by atoms with van der Waals surface area (Å²) in [6, 6.07) is 3.89. The Balaban J connectivity index is 1.90. The van der Waals surface area contributed by atoms with E-state index in [-0.39, 0.29) is 6.10 Å². The molecule has 0 aromatic carbocycles. The summed E-state index contributed by atoms with van der Waals surface area (Å²) in [6.45, 7) is 3.46. The molecule has 6 heteroatoms. The minimum absolute atomic E-state index is 0.177. The molecule has 3 rings (SSSR count). The number of imidazole rings is 1. The van der Waals surface area contributed by atoms with Crippen LogP contribution >= 0.6 is 12.2 Å². The minimum Gasteiger partial charge on any atom is -0.374 e. The number of aromatic amines is 1. The molecule has 1 aliphatic heterocycles. The number of nitrogens with one attached hydrogen (secondary N) is 1. The first-order valence-electron chi connectivity index (χ1n) is 6.08. The summed E-state index contributed by atoms with van der Waals surface area (Å²) in [4.78, 5) is 9.83. The molecule has 18 heavy (non-hydrogen) atoms. The summed E-state index contributed by atoms with van der Waals surface area (Å²) in [6.07, 6.45) is 1.96. The van der Waals surface area contributed by atoms with Gasteiger partial charge in [-0.05, 0) is 31.4 Å². The number of likely N-dealkylation sites (N-methyl/N-ethyl adjacent to an activating group) is 1. The number of hydrogen-bond acceptors (Lipinski definition) is 4. The number of rotatable bonds is 2. The third-order valence-corrected chi connectivity index (χ3v) is 3.58. The topological polar surface area (TPSA) is 46.1 Å². The number of pyridine rings is 1. The summed E-state index contributed by atoms with van der Waals surface area (Å²) in [5.41, 5.74) is 1.88. The number of hydrogen-bond donors (Lipinski definition) is 1. The highest BCUT2D eigenvalue weighted by atomic mass is 32.1. The van der Waals surface area contributed by atoms with Crippen molar-refractivity contribution in [2.24, 2.45) is 0 Å². The number of morpholine rings is 1. The van der Waals surface area contributed by atoms with E-state index in [9.17, 15) is 0 Å². The summed E-state index contributed by atoms with van der Waals surface area (Å²) in [5.74, 6) is 0. The van der Waals surface area contributed by atoms with Crippen LogP contribution in [0.2, 0.25) is 0 Å². The molecule has 1 fully saturated rings. The van der Waals surface area contributed by atoms with Crippen LogP contribution in [0.5, 0.6) is 0 Å². The molecule has 3 heterocycles. The first kappa shape index (κ1) is 11.8. The van der Waals surface area contributed by atoms with E-state index in [1.54, 1.807) is 6.20 Å². The molecule has 2 aromatic heterocycles. The Morgan fingerprint density at radius 3 is 3.33 bits per heavy atom. The number of ether oxygens (including phenoxy) is 1. The molecule has 2 aromatic rings. The van der Waals surface area contributed by atoms with Crippen molar-refractivity contribution in [1.82, 2.24) is 19.4 Å². The molecule has 0 bridgehead atoms. The predicted octanol–water partition coefficient (Wildman–Crippen LogP) is 1.42. The first-order chi connectivity index (χ1) is 8.74. The van der Waals surface area contributed by atoms with Gasteiger partial charge in [0.1, 0.15) is 0 Å². The lowest BCUT2D eigenvalue weighted by molar-refractivity contribution is -0.0271. The third kappa shape index (κ3) is 2.19. The van der Waals surface area contributed by atoms with Crippen molar-refractivity contribution >= 4 is 23.4 Å². The van der Waals surface area contributed by atoms with Gasteiger partial charge in [0.05, 0.1) is 24.8 Å². The molecule has 0 aliphatic carbocycles. The third-order valence-electron chi connectivity index (χ3n) is 3.26. The molecule has 96 valence electrons. The van der Waals surface area contributed by atoms with Gasteiger partial charge in [0, 0.05) is 19.3 Å². The van der Waals surface area contributed by atoms with E-state index in [2.05, 4.69) is 21.9 Å². The Hall–Kier alpha value is -1.24. The molecular weight excluding hydrogens is 248 g/mol. The molecule has 1 unspecified atom stereocenters. The van der Waals surface area contributed by atoms with Crippen LogP contribution in [0, 0.1) is 4.77 Å². The molecule has 0 spiro atoms. The van der Waals surface area contributed by atoms with Crippen molar-refractivity contribution in [3.8, 4) is 0 Å². The Kier molecular flexibility index (Phi) is 3.15. The van der Waals surface area contributed by atoms with E-state index in [1.165, 1.54) is 0 Å². The van der Waals surface area contributed by atoms with Gasteiger partial charge in [0.15, 0.2) is 10.4 Å². The van der Waals surface area contributed by atoms with E-state index in [4.69, 9.17) is 17.0 Å². The van der Waals surface area contributed by atoms with Crippen molar-refractivity contribution in [3.05, 3.63) is 23.1 Å². The van der Waals surface area contributed by atoms with Gasteiger partial charge in [-0.1, -0.05) is 0 Å². The van der Waals surface area contributed by atoms with Gasteiger partial charge in [-0.15, -0.1) is 0 Å². The van der Waals surface area contributed by atoms with Gasteiger partial charge in [0.2, 0.25) is 0 Å².